The number of allylic oxidation sites excluding steroid dienone is 2. The van der Waals surface area contributed by atoms with E-state index in [2.05, 4.69) is 0 Å². The van der Waals surface area contributed by atoms with Crippen LogP contribution in [0.25, 0.3) is 0 Å². The Morgan fingerprint density at radius 2 is 0.761 bits per heavy atom. The van der Waals surface area contributed by atoms with Crippen molar-refractivity contribution in [1.82, 2.24) is 0 Å². The first kappa shape index (κ1) is 35.1. The predicted molar refractivity (Wildman–Crippen MR) is 186 cm³/mol. The first-order valence-electron chi connectivity index (χ1n) is 17.5. The van der Waals surface area contributed by atoms with Crippen molar-refractivity contribution in [3.63, 3.8) is 0 Å². The van der Waals surface area contributed by atoms with E-state index in [-0.39, 0.29) is 35.5 Å². The van der Waals surface area contributed by atoms with E-state index in [4.69, 9.17) is 0 Å². The molecule has 2 heterocycles. The zero-order chi connectivity index (χ0) is 33.1. The molecule has 0 N–H and O–H groups in total. The Bertz CT molecular complexity index is 1310. The standard InChI is InChI=1S/C40H52N2O4/c1-29-21-25-33(26-22-29)41-37(43)31(3)35(39(41)45)19-17-15-13-11-9-7-5-6-8-10-12-14-16-18-20-36-32(4)38(44)42(40(36)46)34-27-23-30(2)24-28-34/h19-28,31-32H,5-18H2,1-4H3/b35-19+,36-20+. The van der Waals surface area contributed by atoms with Gasteiger partial charge in [-0.25, -0.2) is 9.80 Å². The van der Waals surface area contributed by atoms with Crippen molar-refractivity contribution < 1.29 is 19.2 Å². The Kier molecular flexibility index (Phi) is 13.1. The van der Waals surface area contributed by atoms with E-state index in [1.54, 1.807) is 0 Å². The van der Waals surface area contributed by atoms with E-state index in [0.29, 0.717) is 22.5 Å². The smallest absolute Gasteiger partial charge is 0.261 e. The van der Waals surface area contributed by atoms with Crippen molar-refractivity contribution in [2.24, 2.45) is 11.8 Å². The minimum atomic E-state index is -0.374. The highest BCUT2D eigenvalue weighted by Crippen LogP contribution is 2.32. The zero-order valence-electron chi connectivity index (χ0n) is 28.4. The summed E-state index contributed by atoms with van der Waals surface area (Å²) in [6.45, 7) is 7.65. The van der Waals surface area contributed by atoms with Crippen LogP contribution in [0.3, 0.4) is 0 Å². The molecular formula is C40H52N2O4. The van der Waals surface area contributed by atoms with Gasteiger partial charge in [-0.05, 0) is 77.6 Å². The van der Waals surface area contributed by atoms with Crippen LogP contribution in [0.5, 0.6) is 0 Å². The maximum Gasteiger partial charge on any atom is 0.261 e. The molecule has 2 aliphatic heterocycles. The first-order chi connectivity index (χ1) is 22.2. The second-order valence-electron chi connectivity index (χ2n) is 13.2. The van der Waals surface area contributed by atoms with Crippen molar-refractivity contribution in [3.05, 3.63) is 83.0 Å². The summed E-state index contributed by atoms with van der Waals surface area (Å²) in [5, 5.41) is 0. The second kappa shape index (κ2) is 17.2. The number of anilines is 2. The summed E-state index contributed by atoms with van der Waals surface area (Å²) in [7, 11) is 0. The molecule has 0 aromatic heterocycles. The molecule has 4 amide bonds. The predicted octanol–water partition coefficient (Wildman–Crippen LogP) is 9.34. The number of nitrogens with zero attached hydrogens (tertiary/aromatic N) is 2. The molecule has 2 unspecified atom stereocenters. The molecule has 46 heavy (non-hydrogen) atoms. The highest BCUT2D eigenvalue weighted by atomic mass is 16.2. The molecule has 246 valence electrons. The summed E-state index contributed by atoms with van der Waals surface area (Å²) in [5.74, 6) is -1.35. The number of imide groups is 2. The van der Waals surface area contributed by atoms with Crippen LogP contribution in [-0.2, 0) is 19.2 Å². The van der Waals surface area contributed by atoms with Gasteiger partial charge in [0.2, 0.25) is 11.8 Å². The first-order valence-corrected chi connectivity index (χ1v) is 17.5. The summed E-state index contributed by atoms with van der Waals surface area (Å²) < 4.78 is 0. The number of carbonyl (C=O) groups excluding carboxylic acids is 4. The fourth-order valence-electron chi connectivity index (χ4n) is 6.46. The molecular weight excluding hydrogens is 572 g/mol. The van der Waals surface area contributed by atoms with Gasteiger partial charge in [-0.1, -0.05) is 112 Å². The van der Waals surface area contributed by atoms with Crippen LogP contribution in [0.4, 0.5) is 11.4 Å². The highest BCUT2D eigenvalue weighted by molar-refractivity contribution is 6.29. The van der Waals surface area contributed by atoms with Gasteiger partial charge in [0.1, 0.15) is 0 Å². The van der Waals surface area contributed by atoms with E-state index < -0.39 is 0 Å². The molecule has 6 nitrogen and oxygen atoms in total. The van der Waals surface area contributed by atoms with Crippen molar-refractivity contribution in [3.8, 4) is 0 Å². The molecule has 4 rings (SSSR count). The molecule has 2 aromatic rings. The molecule has 0 aliphatic carbocycles. The lowest BCUT2D eigenvalue weighted by Crippen LogP contribution is -2.30. The molecule has 0 bridgehead atoms. The van der Waals surface area contributed by atoms with Gasteiger partial charge < -0.3 is 0 Å². The average molecular weight is 625 g/mol. The summed E-state index contributed by atoms with van der Waals surface area (Å²) in [4.78, 5) is 54.0. The summed E-state index contributed by atoms with van der Waals surface area (Å²) in [6, 6.07) is 15.1. The number of aryl methyl sites for hydroxylation is 2. The molecule has 2 aromatic carbocycles. The molecule has 0 saturated carbocycles. The number of hydrogen-bond donors (Lipinski definition) is 0. The average Bonchev–Trinajstić information content (AvgIpc) is 3.39. The molecule has 6 heteroatoms. The Balaban J connectivity index is 1.00. The maximum atomic E-state index is 12.9. The van der Waals surface area contributed by atoms with Crippen LogP contribution in [0.2, 0.25) is 0 Å². The molecule has 2 atom stereocenters. The fraction of sp³-hybridized carbons (Fsp3) is 0.500. The molecule has 0 radical (unpaired) electrons. The highest BCUT2D eigenvalue weighted by Gasteiger charge is 2.42. The maximum absolute atomic E-state index is 12.9. The van der Waals surface area contributed by atoms with E-state index in [9.17, 15) is 19.2 Å². The number of benzene rings is 2. The van der Waals surface area contributed by atoms with Gasteiger partial charge in [-0.15, -0.1) is 0 Å². The molecule has 0 spiro atoms. The van der Waals surface area contributed by atoms with Gasteiger partial charge >= 0.3 is 0 Å². The van der Waals surface area contributed by atoms with Crippen molar-refractivity contribution in [1.29, 1.82) is 0 Å². The summed E-state index contributed by atoms with van der Waals surface area (Å²) in [5.41, 5.74) is 4.80. The normalized spacial score (nSPS) is 20.3. The van der Waals surface area contributed by atoms with Gasteiger partial charge in [0.15, 0.2) is 0 Å². The van der Waals surface area contributed by atoms with Crippen LogP contribution in [-0.4, -0.2) is 23.6 Å². The number of carbonyl (C=O) groups is 4. The lowest BCUT2D eigenvalue weighted by atomic mass is 10.0. The van der Waals surface area contributed by atoms with E-state index >= 15 is 0 Å². The zero-order valence-corrected chi connectivity index (χ0v) is 28.4. The van der Waals surface area contributed by atoms with Crippen LogP contribution < -0.4 is 9.80 Å². The van der Waals surface area contributed by atoms with Gasteiger partial charge in [0.05, 0.1) is 23.2 Å². The van der Waals surface area contributed by atoms with Crippen molar-refractivity contribution >= 4 is 35.0 Å². The van der Waals surface area contributed by atoms with E-state index in [1.807, 2.05) is 88.4 Å². The van der Waals surface area contributed by atoms with E-state index in [1.165, 1.54) is 61.2 Å². The monoisotopic (exact) mass is 624 g/mol. The summed E-state index contributed by atoms with van der Waals surface area (Å²) >= 11 is 0. The Labute approximate surface area is 275 Å². The van der Waals surface area contributed by atoms with Crippen LogP contribution in [0, 0.1) is 25.7 Å². The van der Waals surface area contributed by atoms with Crippen LogP contribution >= 0.6 is 0 Å². The Morgan fingerprint density at radius 1 is 0.478 bits per heavy atom. The number of hydrogen-bond acceptors (Lipinski definition) is 4. The minimum absolute atomic E-state index is 0.130. The fourth-order valence-corrected chi connectivity index (χ4v) is 6.46. The van der Waals surface area contributed by atoms with Crippen LogP contribution in [0.15, 0.2) is 71.8 Å². The van der Waals surface area contributed by atoms with Gasteiger partial charge in [-0.3, -0.25) is 19.2 Å². The lowest BCUT2D eigenvalue weighted by molar-refractivity contribution is -0.123. The summed E-state index contributed by atoms with van der Waals surface area (Å²) in [6.07, 6.45) is 20.1. The van der Waals surface area contributed by atoms with Crippen molar-refractivity contribution in [2.75, 3.05) is 9.80 Å². The van der Waals surface area contributed by atoms with E-state index in [0.717, 1.165) is 49.7 Å². The number of amides is 4. The quantitative estimate of drug-likeness (QED) is 0.0999. The second-order valence-corrected chi connectivity index (χ2v) is 13.2. The SMILES string of the molecule is Cc1ccc(N2C(=O)/C(=C/CCCCCCCCCCCCCC/C=C3/C(=O)N(c4ccc(C)cc4)C(=O)C3C)C(C)C2=O)cc1. The van der Waals surface area contributed by atoms with Gasteiger partial charge in [0.25, 0.3) is 11.8 Å². The Hall–Kier alpha value is -3.80. The molecule has 2 aliphatic rings. The lowest BCUT2D eigenvalue weighted by Gasteiger charge is -2.13. The number of unbranched alkanes of at least 4 members (excludes halogenated alkanes) is 13. The third kappa shape index (κ3) is 8.92. The number of rotatable bonds is 17. The van der Waals surface area contributed by atoms with Crippen LogP contribution in [0.1, 0.15) is 115 Å². The Morgan fingerprint density at radius 3 is 1.07 bits per heavy atom. The minimum Gasteiger partial charge on any atom is -0.273 e. The molecule has 2 saturated heterocycles. The topological polar surface area (TPSA) is 74.8 Å². The third-order valence-corrected chi connectivity index (χ3v) is 9.49. The largest absolute Gasteiger partial charge is 0.273 e. The van der Waals surface area contributed by atoms with Crippen molar-refractivity contribution in [2.45, 2.75) is 118 Å². The molecule has 2 fully saturated rings. The third-order valence-electron chi connectivity index (χ3n) is 9.49. The van der Waals surface area contributed by atoms with Gasteiger partial charge in [0, 0.05) is 11.1 Å². The van der Waals surface area contributed by atoms with Gasteiger partial charge in [-0.2, -0.15) is 0 Å².